The van der Waals surface area contributed by atoms with Crippen LogP contribution in [0.4, 0.5) is 0 Å². The van der Waals surface area contributed by atoms with Gasteiger partial charge in [-0.1, -0.05) is 23.2 Å². The van der Waals surface area contributed by atoms with E-state index in [0.29, 0.717) is 32.4 Å². The number of rotatable bonds is 4. The maximum atomic E-state index is 12.8. The van der Waals surface area contributed by atoms with E-state index >= 15 is 0 Å². The number of benzene rings is 1. The van der Waals surface area contributed by atoms with Gasteiger partial charge in [-0.15, -0.1) is 0 Å². The van der Waals surface area contributed by atoms with Crippen LogP contribution in [0, 0.1) is 0 Å². The summed E-state index contributed by atoms with van der Waals surface area (Å²) in [5.74, 6) is -0.716. The highest BCUT2D eigenvalue weighted by molar-refractivity contribution is 6.31. The first-order valence-electron chi connectivity index (χ1n) is 7.29. The maximum Gasteiger partial charge on any atom is 0.340 e. The number of ether oxygens (including phenoxy) is 1. The van der Waals surface area contributed by atoms with Crippen molar-refractivity contribution in [2.75, 3.05) is 6.61 Å². The molecule has 2 aromatic heterocycles. The average molecular weight is 362 g/mol. The van der Waals surface area contributed by atoms with E-state index in [9.17, 15) is 9.59 Å². The Labute approximate surface area is 148 Å². The third kappa shape index (κ3) is 3.03. The molecular formula is C18H13Cl2NO3. The Morgan fingerprint density at radius 3 is 2.42 bits per heavy atom. The van der Waals surface area contributed by atoms with Crippen LogP contribution in [0.25, 0.3) is 5.52 Å². The number of fused-ring (bicyclic) bond motifs is 1. The zero-order valence-electron chi connectivity index (χ0n) is 12.8. The number of hydrogen-bond donors (Lipinski definition) is 0. The summed E-state index contributed by atoms with van der Waals surface area (Å²) in [5, 5.41) is 1.02. The van der Waals surface area contributed by atoms with E-state index in [4.69, 9.17) is 27.9 Å². The van der Waals surface area contributed by atoms with Crippen LogP contribution in [0.15, 0.2) is 48.7 Å². The Bertz CT molecular complexity index is 929. The standard InChI is InChI=1S/C18H13Cl2NO3/c1-2-24-18(23)14-10-16(21-8-7-13(20)9-15(14)21)17(22)11-3-5-12(19)6-4-11/h3-10H,2H2,1H3. The molecule has 0 bridgehead atoms. The molecule has 0 radical (unpaired) electrons. The Kier molecular flexibility index (Phi) is 4.60. The third-order valence-corrected chi connectivity index (χ3v) is 4.05. The van der Waals surface area contributed by atoms with E-state index in [2.05, 4.69) is 0 Å². The molecule has 0 aliphatic heterocycles. The number of pyridine rings is 1. The van der Waals surface area contributed by atoms with Crippen LogP contribution in [-0.2, 0) is 4.74 Å². The molecule has 3 aromatic rings. The third-order valence-electron chi connectivity index (χ3n) is 3.57. The van der Waals surface area contributed by atoms with Crippen LogP contribution in [0.2, 0.25) is 10.0 Å². The lowest BCUT2D eigenvalue weighted by molar-refractivity contribution is 0.0529. The predicted octanol–water partition coefficient (Wildman–Crippen LogP) is 4.65. The Morgan fingerprint density at radius 2 is 1.75 bits per heavy atom. The second-order valence-electron chi connectivity index (χ2n) is 5.10. The van der Waals surface area contributed by atoms with Gasteiger partial charge in [0, 0.05) is 21.8 Å². The summed E-state index contributed by atoms with van der Waals surface area (Å²) in [7, 11) is 0. The molecule has 0 saturated heterocycles. The number of aromatic nitrogens is 1. The topological polar surface area (TPSA) is 47.8 Å². The zero-order valence-corrected chi connectivity index (χ0v) is 14.3. The molecule has 0 amide bonds. The highest BCUT2D eigenvalue weighted by atomic mass is 35.5. The van der Waals surface area contributed by atoms with Crippen molar-refractivity contribution in [2.45, 2.75) is 6.92 Å². The zero-order chi connectivity index (χ0) is 17.3. The van der Waals surface area contributed by atoms with Crippen molar-refractivity contribution >= 4 is 40.5 Å². The second-order valence-corrected chi connectivity index (χ2v) is 5.97. The van der Waals surface area contributed by atoms with Gasteiger partial charge in [0.25, 0.3) is 0 Å². The number of nitrogens with zero attached hydrogens (tertiary/aromatic N) is 1. The Hall–Kier alpha value is -2.30. The summed E-state index contributed by atoms with van der Waals surface area (Å²) >= 11 is 11.9. The minimum Gasteiger partial charge on any atom is -0.462 e. The molecule has 0 fully saturated rings. The lowest BCUT2D eigenvalue weighted by atomic mass is 10.1. The van der Waals surface area contributed by atoms with Crippen LogP contribution in [-0.4, -0.2) is 22.8 Å². The molecule has 4 nitrogen and oxygen atoms in total. The number of carbonyl (C=O) groups is 2. The van der Waals surface area contributed by atoms with Gasteiger partial charge < -0.3 is 9.14 Å². The van der Waals surface area contributed by atoms with Gasteiger partial charge in [-0.3, -0.25) is 4.79 Å². The van der Waals surface area contributed by atoms with E-state index in [0.717, 1.165) is 0 Å². The minimum atomic E-state index is -0.493. The van der Waals surface area contributed by atoms with E-state index < -0.39 is 5.97 Å². The SMILES string of the molecule is CCOC(=O)c1cc(C(=O)c2ccc(Cl)cc2)n2ccc(Cl)cc12. The van der Waals surface area contributed by atoms with Gasteiger partial charge in [0.1, 0.15) is 0 Å². The summed E-state index contributed by atoms with van der Waals surface area (Å²) in [6.45, 7) is 1.97. The molecule has 122 valence electrons. The Balaban J connectivity index is 2.15. The average Bonchev–Trinajstić information content (AvgIpc) is 2.94. The number of esters is 1. The quantitative estimate of drug-likeness (QED) is 0.501. The van der Waals surface area contributed by atoms with Crippen molar-refractivity contribution < 1.29 is 14.3 Å². The predicted molar refractivity (Wildman–Crippen MR) is 93.2 cm³/mol. The van der Waals surface area contributed by atoms with Crippen molar-refractivity contribution in [2.24, 2.45) is 0 Å². The first-order valence-corrected chi connectivity index (χ1v) is 8.05. The van der Waals surface area contributed by atoms with Crippen LogP contribution in [0.3, 0.4) is 0 Å². The molecule has 0 atom stereocenters. The molecule has 0 unspecified atom stereocenters. The van der Waals surface area contributed by atoms with Crippen molar-refractivity contribution in [3.63, 3.8) is 0 Å². The lowest BCUT2D eigenvalue weighted by Crippen LogP contribution is -2.04. The Morgan fingerprint density at radius 1 is 1.04 bits per heavy atom. The molecule has 2 heterocycles. The smallest absolute Gasteiger partial charge is 0.340 e. The van der Waals surface area contributed by atoms with Gasteiger partial charge in [-0.25, -0.2) is 4.79 Å². The highest BCUT2D eigenvalue weighted by Crippen LogP contribution is 2.24. The number of ketones is 1. The molecule has 1 aromatic carbocycles. The fourth-order valence-electron chi connectivity index (χ4n) is 2.47. The summed E-state index contributed by atoms with van der Waals surface area (Å²) in [5.41, 5.74) is 1.66. The van der Waals surface area contributed by atoms with Gasteiger partial charge in [0.2, 0.25) is 5.78 Å². The van der Waals surface area contributed by atoms with E-state index in [1.165, 1.54) is 6.07 Å². The number of hydrogen-bond acceptors (Lipinski definition) is 3. The van der Waals surface area contributed by atoms with Crippen molar-refractivity contribution in [3.8, 4) is 0 Å². The number of halogens is 2. The summed E-state index contributed by atoms with van der Waals surface area (Å²) < 4.78 is 6.70. The summed E-state index contributed by atoms with van der Waals surface area (Å²) in [6, 6.07) is 11.4. The molecule has 3 rings (SSSR count). The number of carbonyl (C=O) groups excluding carboxylic acids is 2. The fourth-order valence-corrected chi connectivity index (χ4v) is 2.75. The van der Waals surface area contributed by atoms with Crippen LogP contribution in [0.5, 0.6) is 0 Å². The molecule has 24 heavy (non-hydrogen) atoms. The largest absolute Gasteiger partial charge is 0.462 e. The van der Waals surface area contributed by atoms with Gasteiger partial charge in [0.15, 0.2) is 0 Å². The van der Waals surface area contributed by atoms with E-state index in [1.54, 1.807) is 53.9 Å². The van der Waals surface area contributed by atoms with Gasteiger partial charge in [0.05, 0.1) is 23.4 Å². The highest BCUT2D eigenvalue weighted by Gasteiger charge is 2.21. The van der Waals surface area contributed by atoms with Crippen LogP contribution in [0.1, 0.15) is 33.3 Å². The summed E-state index contributed by atoms with van der Waals surface area (Å²) in [6.07, 6.45) is 1.66. The van der Waals surface area contributed by atoms with E-state index in [1.807, 2.05) is 0 Å². The molecule has 0 saturated carbocycles. The first-order chi connectivity index (χ1) is 11.5. The second kappa shape index (κ2) is 6.67. The molecule has 0 aliphatic carbocycles. The molecule has 0 N–H and O–H groups in total. The monoisotopic (exact) mass is 361 g/mol. The first kappa shape index (κ1) is 16.6. The van der Waals surface area contributed by atoms with Gasteiger partial charge >= 0.3 is 5.97 Å². The van der Waals surface area contributed by atoms with E-state index in [-0.39, 0.29) is 12.4 Å². The van der Waals surface area contributed by atoms with Crippen LogP contribution < -0.4 is 0 Å². The summed E-state index contributed by atoms with van der Waals surface area (Å²) in [4.78, 5) is 25.0. The van der Waals surface area contributed by atoms with Crippen molar-refractivity contribution in [3.05, 3.63) is 75.5 Å². The molecular weight excluding hydrogens is 349 g/mol. The normalized spacial score (nSPS) is 10.8. The van der Waals surface area contributed by atoms with Crippen molar-refractivity contribution in [1.82, 2.24) is 4.40 Å². The van der Waals surface area contributed by atoms with Gasteiger partial charge in [-0.2, -0.15) is 0 Å². The van der Waals surface area contributed by atoms with Gasteiger partial charge in [-0.05, 0) is 49.4 Å². The van der Waals surface area contributed by atoms with Crippen LogP contribution >= 0.6 is 23.2 Å². The minimum absolute atomic E-state index is 0.223. The molecule has 0 spiro atoms. The maximum absolute atomic E-state index is 12.8. The fraction of sp³-hybridized carbons (Fsp3) is 0.111. The molecule has 6 heteroatoms. The lowest BCUT2D eigenvalue weighted by Gasteiger charge is -2.03. The molecule has 0 aliphatic rings. The van der Waals surface area contributed by atoms with Crippen molar-refractivity contribution in [1.29, 1.82) is 0 Å².